The van der Waals surface area contributed by atoms with Gasteiger partial charge in [0.05, 0.1) is 6.61 Å². The quantitative estimate of drug-likeness (QED) is 0.668. The fourth-order valence-electron chi connectivity index (χ4n) is 1.31. The van der Waals surface area contributed by atoms with Gasteiger partial charge in [0.25, 0.3) is 0 Å². The highest BCUT2D eigenvalue weighted by molar-refractivity contribution is 14.1. The first-order chi connectivity index (χ1) is 6.26. The van der Waals surface area contributed by atoms with Crippen molar-refractivity contribution < 1.29 is 5.11 Å². The van der Waals surface area contributed by atoms with Crippen LogP contribution in [0.15, 0.2) is 24.3 Å². The minimum Gasteiger partial charge on any atom is -0.392 e. The molecule has 0 aliphatic heterocycles. The van der Waals surface area contributed by atoms with Crippen LogP contribution in [0.3, 0.4) is 0 Å². The molecule has 1 aromatic carbocycles. The standard InChI is InChI=1S/C11H15IO/c1-9(7-12)5-10-3-2-4-11(6-10)8-13/h2-4,6,9,13H,5,7-8H2,1H3. The molecule has 1 rings (SSSR count). The van der Waals surface area contributed by atoms with Gasteiger partial charge < -0.3 is 5.11 Å². The molecular weight excluding hydrogens is 275 g/mol. The molecule has 0 spiro atoms. The minimum atomic E-state index is 0.145. The van der Waals surface area contributed by atoms with Gasteiger partial charge in [-0.3, -0.25) is 0 Å². The molecule has 1 atom stereocenters. The SMILES string of the molecule is CC(CI)Cc1cccc(CO)c1. The molecule has 72 valence electrons. The Hall–Kier alpha value is -0.0900. The molecule has 0 aromatic heterocycles. The van der Waals surface area contributed by atoms with Gasteiger partial charge in [0, 0.05) is 4.43 Å². The fourth-order valence-corrected chi connectivity index (χ4v) is 1.62. The maximum atomic E-state index is 8.95. The number of aliphatic hydroxyl groups excluding tert-OH is 1. The van der Waals surface area contributed by atoms with Crippen molar-refractivity contribution in [3.63, 3.8) is 0 Å². The third kappa shape index (κ3) is 3.65. The summed E-state index contributed by atoms with van der Waals surface area (Å²) in [5.74, 6) is 0.717. The minimum absolute atomic E-state index is 0.145. The van der Waals surface area contributed by atoms with Crippen LogP contribution < -0.4 is 0 Å². The van der Waals surface area contributed by atoms with Gasteiger partial charge in [-0.1, -0.05) is 53.8 Å². The predicted molar refractivity (Wildman–Crippen MR) is 64.1 cm³/mol. The Kier molecular flexibility index (Phi) is 4.73. The summed E-state index contributed by atoms with van der Waals surface area (Å²) in [7, 11) is 0. The van der Waals surface area contributed by atoms with Crippen LogP contribution in [-0.4, -0.2) is 9.53 Å². The maximum absolute atomic E-state index is 8.95. The zero-order chi connectivity index (χ0) is 9.68. The first kappa shape index (κ1) is 11.0. The second-order valence-corrected chi connectivity index (χ2v) is 4.32. The van der Waals surface area contributed by atoms with Crippen molar-refractivity contribution in [1.82, 2.24) is 0 Å². The van der Waals surface area contributed by atoms with Crippen molar-refractivity contribution in [1.29, 1.82) is 0 Å². The Balaban J connectivity index is 2.66. The van der Waals surface area contributed by atoms with Gasteiger partial charge in [0.1, 0.15) is 0 Å². The molecule has 0 fully saturated rings. The zero-order valence-corrected chi connectivity index (χ0v) is 9.99. The summed E-state index contributed by atoms with van der Waals surface area (Å²) in [6, 6.07) is 8.18. The molecule has 1 nitrogen and oxygen atoms in total. The van der Waals surface area contributed by atoms with E-state index in [1.165, 1.54) is 9.99 Å². The lowest BCUT2D eigenvalue weighted by Crippen LogP contribution is -2.00. The van der Waals surface area contributed by atoms with Crippen LogP contribution in [0.5, 0.6) is 0 Å². The highest BCUT2D eigenvalue weighted by Gasteiger charge is 2.01. The third-order valence-electron chi connectivity index (χ3n) is 2.02. The lowest BCUT2D eigenvalue weighted by molar-refractivity contribution is 0.281. The lowest BCUT2D eigenvalue weighted by Gasteiger charge is -2.08. The van der Waals surface area contributed by atoms with Crippen molar-refractivity contribution in [2.75, 3.05) is 4.43 Å². The second-order valence-electron chi connectivity index (χ2n) is 3.44. The molecule has 0 aliphatic carbocycles. The number of rotatable bonds is 4. The van der Waals surface area contributed by atoms with E-state index in [9.17, 15) is 0 Å². The van der Waals surface area contributed by atoms with E-state index < -0.39 is 0 Å². The summed E-state index contributed by atoms with van der Waals surface area (Å²) < 4.78 is 1.18. The predicted octanol–water partition coefficient (Wildman–Crippen LogP) is 2.79. The molecule has 0 radical (unpaired) electrons. The highest BCUT2D eigenvalue weighted by Crippen LogP contribution is 2.12. The number of halogens is 1. The second kappa shape index (κ2) is 5.60. The molecule has 1 N–H and O–H groups in total. The van der Waals surface area contributed by atoms with Crippen LogP contribution >= 0.6 is 22.6 Å². The van der Waals surface area contributed by atoms with Gasteiger partial charge in [0.15, 0.2) is 0 Å². The molecule has 2 heteroatoms. The maximum Gasteiger partial charge on any atom is 0.0681 e. The molecule has 0 aliphatic rings. The molecule has 1 unspecified atom stereocenters. The molecule has 0 saturated carbocycles. The lowest BCUT2D eigenvalue weighted by atomic mass is 10.0. The number of benzene rings is 1. The van der Waals surface area contributed by atoms with E-state index in [1.807, 2.05) is 12.1 Å². The van der Waals surface area contributed by atoms with Crippen molar-refractivity contribution in [2.45, 2.75) is 20.0 Å². The van der Waals surface area contributed by atoms with Crippen molar-refractivity contribution in [3.8, 4) is 0 Å². The van der Waals surface area contributed by atoms with E-state index in [0.717, 1.165) is 17.9 Å². The Morgan fingerprint density at radius 2 is 2.08 bits per heavy atom. The average molecular weight is 290 g/mol. The first-order valence-corrected chi connectivity index (χ1v) is 6.03. The largest absolute Gasteiger partial charge is 0.392 e. The molecule has 0 heterocycles. The summed E-state index contributed by atoms with van der Waals surface area (Å²) in [5, 5.41) is 8.95. The molecule has 13 heavy (non-hydrogen) atoms. The van der Waals surface area contributed by atoms with Gasteiger partial charge in [-0.25, -0.2) is 0 Å². The van der Waals surface area contributed by atoms with Crippen LogP contribution in [0, 0.1) is 5.92 Å². The Morgan fingerprint density at radius 3 is 2.69 bits per heavy atom. The normalized spacial score (nSPS) is 12.8. The van der Waals surface area contributed by atoms with Gasteiger partial charge in [0.2, 0.25) is 0 Å². The van der Waals surface area contributed by atoms with Crippen molar-refractivity contribution >= 4 is 22.6 Å². The fraction of sp³-hybridized carbons (Fsp3) is 0.455. The van der Waals surface area contributed by atoms with Crippen LogP contribution in [-0.2, 0) is 13.0 Å². The Labute approximate surface area is 93.3 Å². The monoisotopic (exact) mass is 290 g/mol. The van der Waals surface area contributed by atoms with Gasteiger partial charge >= 0.3 is 0 Å². The van der Waals surface area contributed by atoms with Crippen LogP contribution in [0.1, 0.15) is 18.1 Å². The van der Waals surface area contributed by atoms with E-state index in [2.05, 4.69) is 41.6 Å². The van der Waals surface area contributed by atoms with Gasteiger partial charge in [-0.2, -0.15) is 0 Å². The van der Waals surface area contributed by atoms with Crippen LogP contribution in [0.2, 0.25) is 0 Å². The van der Waals surface area contributed by atoms with Crippen LogP contribution in [0.25, 0.3) is 0 Å². The Bertz CT molecular complexity index is 260. The Morgan fingerprint density at radius 1 is 1.38 bits per heavy atom. The molecule has 0 saturated heterocycles. The molecule has 0 bridgehead atoms. The van der Waals surface area contributed by atoms with Gasteiger partial charge in [-0.05, 0) is 23.5 Å². The smallest absolute Gasteiger partial charge is 0.0681 e. The first-order valence-electron chi connectivity index (χ1n) is 4.51. The zero-order valence-electron chi connectivity index (χ0n) is 7.83. The molecule has 0 amide bonds. The summed E-state index contributed by atoms with van der Waals surface area (Å²) >= 11 is 2.41. The van der Waals surface area contributed by atoms with E-state index >= 15 is 0 Å². The summed E-state index contributed by atoms with van der Waals surface area (Å²) in [5.41, 5.74) is 2.34. The van der Waals surface area contributed by atoms with Gasteiger partial charge in [-0.15, -0.1) is 0 Å². The van der Waals surface area contributed by atoms with E-state index in [-0.39, 0.29) is 6.61 Å². The average Bonchev–Trinajstić information content (AvgIpc) is 2.18. The molecular formula is C11H15IO. The van der Waals surface area contributed by atoms with E-state index in [4.69, 9.17) is 5.11 Å². The summed E-state index contributed by atoms with van der Waals surface area (Å²) in [6.07, 6.45) is 1.11. The van der Waals surface area contributed by atoms with Crippen molar-refractivity contribution in [2.24, 2.45) is 5.92 Å². The molecule has 1 aromatic rings. The van der Waals surface area contributed by atoms with E-state index in [0.29, 0.717) is 0 Å². The number of aliphatic hydroxyl groups is 1. The number of hydrogen-bond acceptors (Lipinski definition) is 1. The summed E-state index contributed by atoms with van der Waals surface area (Å²) in [6.45, 7) is 2.39. The summed E-state index contributed by atoms with van der Waals surface area (Å²) in [4.78, 5) is 0. The third-order valence-corrected chi connectivity index (χ3v) is 3.53. The number of hydrogen-bond donors (Lipinski definition) is 1. The number of alkyl halides is 1. The van der Waals surface area contributed by atoms with Crippen molar-refractivity contribution in [3.05, 3.63) is 35.4 Å². The van der Waals surface area contributed by atoms with E-state index in [1.54, 1.807) is 0 Å². The van der Waals surface area contributed by atoms with Crippen LogP contribution in [0.4, 0.5) is 0 Å². The highest BCUT2D eigenvalue weighted by atomic mass is 127. The topological polar surface area (TPSA) is 20.2 Å².